The Hall–Kier alpha value is -2.34. The minimum Gasteiger partial charge on any atom is -0.481 e. The molecule has 0 spiro atoms. The van der Waals surface area contributed by atoms with Crippen molar-refractivity contribution in [3.63, 3.8) is 0 Å². The van der Waals surface area contributed by atoms with Crippen LogP contribution in [0.3, 0.4) is 0 Å². The number of rotatable bonds is 9. The monoisotopic (exact) mass is 461 g/mol. The van der Waals surface area contributed by atoms with Crippen LogP contribution in [0.25, 0.3) is 0 Å². The molecule has 0 amide bonds. The van der Waals surface area contributed by atoms with E-state index in [0.717, 1.165) is 56.5 Å². The standard InChI is InChI=1S/C27H34F3NO2/c1-19(2)15-16-31(18-20-7-4-3-5-8-20)24-10-6-9-22(17-25(32)33)26(24)21-11-13-23(14-12-21)27(28,29)30/h3-5,7-8,11-14,19,22,24,26H,6,9-10,15-18H2,1-2H3,(H,32,33)/t22-,24-,26-/m1/s1. The van der Waals surface area contributed by atoms with Gasteiger partial charge in [-0.25, -0.2) is 0 Å². The Labute approximate surface area is 194 Å². The van der Waals surface area contributed by atoms with Crippen LogP contribution >= 0.6 is 0 Å². The van der Waals surface area contributed by atoms with Gasteiger partial charge in [0.2, 0.25) is 0 Å². The molecule has 1 saturated carbocycles. The van der Waals surface area contributed by atoms with Crippen molar-refractivity contribution in [3.05, 3.63) is 71.3 Å². The quantitative estimate of drug-likeness (QED) is 0.438. The molecule has 0 aliphatic heterocycles. The van der Waals surface area contributed by atoms with Gasteiger partial charge < -0.3 is 5.11 Å². The van der Waals surface area contributed by atoms with Gasteiger partial charge in [-0.1, -0.05) is 62.7 Å². The molecule has 6 heteroatoms. The molecule has 33 heavy (non-hydrogen) atoms. The van der Waals surface area contributed by atoms with Gasteiger partial charge >= 0.3 is 12.1 Å². The maximum Gasteiger partial charge on any atom is 0.416 e. The number of nitrogens with zero attached hydrogens (tertiary/aromatic N) is 1. The molecule has 3 atom stereocenters. The zero-order valence-corrected chi connectivity index (χ0v) is 19.4. The predicted molar refractivity (Wildman–Crippen MR) is 124 cm³/mol. The summed E-state index contributed by atoms with van der Waals surface area (Å²) in [5.41, 5.74) is 1.32. The largest absolute Gasteiger partial charge is 0.481 e. The molecule has 0 saturated heterocycles. The first-order valence-corrected chi connectivity index (χ1v) is 11.8. The van der Waals surface area contributed by atoms with E-state index in [-0.39, 0.29) is 24.3 Å². The summed E-state index contributed by atoms with van der Waals surface area (Å²) in [5, 5.41) is 9.56. The van der Waals surface area contributed by atoms with E-state index in [4.69, 9.17) is 0 Å². The minimum atomic E-state index is -4.39. The molecule has 0 aromatic heterocycles. The van der Waals surface area contributed by atoms with E-state index in [0.29, 0.717) is 5.92 Å². The van der Waals surface area contributed by atoms with Crippen LogP contribution in [-0.2, 0) is 17.5 Å². The van der Waals surface area contributed by atoms with E-state index in [2.05, 4.69) is 30.9 Å². The van der Waals surface area contributed by atoms with Crippen molar-refractivity contribution in [1.82, 2.24) is 4.90 Å². The molecule has 1 aliphatic carbocycles. The molecule has 180 valence electrons. The molecule has 2 aromatic rings. The number of hydrogen-bond donors (Lipinski definition) is 1. The fourth-order valence-corrected chi connectivity index (χ4v) is 5.12. The van der Waals surface area contributed by atoms with Gasteiger partial charge in [0.05, 0.1) is 5.56 Å². The van der Waals surface area contributed by atoms with E-state index in [1.54, 1.807) is 12.1 Å². The van der Waals surface area contributed by atoms with Crippen LogP contribution in [-0.4, -0.2) is 28.6 Å². The highest BCUT2D eigenvalue weighted by molar-refractivity contribution is 5.67. The number of alkyl halides is 3. The first-order chi connectivity index (χ1) is 15.6. The molecule has 0 bridgehead atoms. The van der Waals surface area contributed by atoms with Gasteiger partial charge in [-0.2, -0.15) is 13.2 Å². The Bertz CT molecular complexity index is 880. The zero-order valence-electron chi connectivity index (χ0n) is 19.4. The summed E-state index contributed by atoms with van der Waals surface area (Å²) in [5.74, 6) is -0.552. The Morgan fingerprint density at radius 3 is 2.30 bits per heavy atom. The predicted octanol–water partition coefficient (Wildman–Crippen LogP) is 6.98. The Balaban J connectivity index is 1.96. The van der Waals surface area contributed by atoms with Crippen LogP contribution < -0.4 is 0 Å². The van der Waals surface area contributed by atoms with E-state index in [1.807, 2.05) is 18.2 Å². The summed E-state index contributed by atoms with van der Waals surface area (Å²) in [6, 6.07) is 15.7. The van der Waals surface area contributed by atoms with E-state index >= 15 is 0 Å². The number of carboxylic acid groups (broad SMARTS) is 1. The highest BCUT2D eigenvalue weighted by atomic mass is 19.4. The third-order valence-corrected chi connectivity index (χ3v) is 6.75. The summed E-state index contributed by atoms with van der Waals surface area (Å²) >= 11 is 0. The number of aliphatic carboxylic acids is 1. The number of carboxylic acids is 1. The lowest BCUT2D eigenvalue weighted by molar-refractivity contribution is -0.139. The lowest BCUT2D eigenvalue weighted by Gasteiger charge is -2.44. The first-order valence-electron chi connectivity index (χ1n) is 11.8. The van der Waals surface area contributed by atoms with Gasteiger partial charge in [-0.3, -0.25) is 9.69 Å². The lowest BCUT2D eigenvalue weighted by Crippen LogP contribution is -2.45. The van der Waals surface area contributed by atoms with Crippen molar-refractivity contribution in [2.24, 2.45) is 11.8 Å². The van der Waals surface area contributed by atoms with Gasteiger partial charge in [-0.05, 0) is 60.9 Å². The molecule has 0 unspecified atom stereocenters. The summed E-state index contributed by atoms with van der Waals surface area (Å²) in [6.45, 7) is 5.98. The van der Waals surface area contributed by atoms with Crippen LogP contribution in [0.15, 0.2) is 54.6 Å². The lowest BCUT2D eigenvalue weighted by atomic mass is 9.70. The van der Waals surface area contributed by atoms with Gasteiger partial charge in [-0.15, -0.1) is 0 Å². The Morgan fingerprint density at radius 1 is 1.06 bits per heavy atom. The second kappa shape index (κ2) is 11.2. The third kappa shape index (κ3) is 7.07. The summed E-state index contributed by atoms with van der Waals surface area (Å²) in [6.07, 6.45) is -0.739. The van der Waals surface area contributed by atoms with Crippen LogP contribution in [0, 0.1) is 11.8 Å². The molecule has 3 rings (SSSR count). The molecule has 1 fully saturated rings. The molecular formula is C27H34F3NO2. The molecule has 1 aliphatic rings. The van der Waals surface area contributed by atoms with Gasteiger partial charge in [0, 0.05) is 24.9 Å². The molecule has 2 aromatic carbocycles. The van der Waals surface area contributed by atoms with Crippen molar-refractivity contribution < 1.29 is 23.1 Å². The second-order valence-electron chi connectivity index (χ2n) is 9.64. The van der Waals surface area contributed by atoms with Crippen LogP contribution in [0.2, 0.25) is 0 Å². The fraction of sp³-hybridized carbons (Fsp3) is 0.519. The number of hydrogen-bond acceptors (Lipinski definition) is 2. The normalized spacial score (nSPS) is 21.5. The minimum absolute atomic E-state index is 0.0333. The SMILES string of the molecule is CC(C)CCN(Cc1ccccc1)[C@@H]1CCC[C@H](CC(=O)O)[C@H]1c1ccc(C(F)(F)F)cc1. The average molecular weight is 462 g/mol. The van der Waals surface area contributed by atoms with Crippen LogP contribution in [0.5, 0.6) is 0 Å². The molecule has 0 radical (unpaired) electrons. The summed E-state index contributed by atoms with van der Waals surface area (Å²) in [7, 11) is 0. The van der Waals surface area contributed by atoms with Crippen LogP contribution in [0.1, 0.15) is 68.6 Å². The topological polar surface area (TPSA) is 40.5 Å². The first kappa shape index (κ1) is 25.3. The van der Waals surface area contributed by atoms with Crippen molar-refractivity contribution >= 4 is 5.97 Å². The third-order valence-electron chi connectivity index (χ3n) is 6.75. The van der Waals surface area contributed by atoms with E-state index < -0.39 is 17.7 Å². The second-order valence-corrected chi connectivity index (χ2v) is 9.64. The molecular weight excluding hydrogens is 427 g/mol. The summed E-state index contributed by atoms with van der Waals surface area (Å²) < 4.78 is 39.4. The van der Waals surface area contributed by atoms with Gasteiger partial charge in [0.15, 0.2) is 0 Å². The fourth-order valence-electron chi connectivity index (χ4n) is 5.12. The summed E-state index contributed by atoms with van der Waals surface area (Å²) in [4.78, 5) is 14.1. The van der Waals surface area contributed by atoms with Crippen molar-refractivity contribution in [3.8, 4) is 0 Å². The highest BCUT2D eigenvalue weighted by Gasteiger charge is 2.39. The smallest absolute Gasteiger partial charge is 0.416 e. The van der Waals surface area contributed by atoms with Gasteiger partial charge in [0.1, 0.15) is 0 Å². The number of halogens is 3. The Morgan fingerprint density at radius 2 is 1.73 bits per heavy atom. The average Bonchev–Trinajstić information content (AvgIpc) is 2.76. The van der Waals surface area contributed by atoms with Crippen LogP contribution in [0.4, 0.5) is 13.2 Å². The van der Waals surface area contributed by atoms with Crippen molar-refractivity contribution in [2.75, 3.05) is 6.54 Å². The highest BCUT2D eigenvalue weighted by Crippen LogP contribution is 2.43. The van der Waals surface area contributed by atoms with Crippen molar-refractivity contribution in [1.29, 1.82) is 0 Å². The maximum absolute atomic E-state index is 13.1. The molecule has 1 N–H and O–H groups in total. The molecule has 3 nitrogen and oxygen atoms in total. The number of carbonyl (C=O) groups is 1. The number of benzene rings is 2. The van der Waals surface area contributed by atoms with Gasteiger partial charge in [0.25, 0.3) is 0 Å². The molecule has 0 heterocycles. The maximum atomic E-state index is 13.1. The Kier molecular flexibility index (Phi) is 8.57. The van der Waals surface area contributed by atoms with E-state index in [9.17, 15) is 23.1 Å². The zero-order chi connectivity index (χ0) is 24.0. The van der Waals surface area contributed by atoms with E-state index in [1.165, 1.54) is 5.56 Å². The van der Waals surface area contributed by atoms with Crippen molar-refractivity contribution in [2.45, 2.75) is 70.6 Å².